The van der Waals surface area contributed by atoms with Crippen molar-refractivity contribution in [1.29, 1.82) is 0 Å². The maximum Gasteiger partial charge on any atom is 0.0487 e. The summed E-state index contributed by atoms with van der Waals surface area (Å²) in [6.45, 7) is 5.34. The van der Waals surface area contributed by atoms with Gasteiger partial charge in [0.15, 0.2) is 0 Å². The van der Waals surface area contributed by atoms with Crippen LogP contribution >= 0.6 is 12.1 Å². The van der Waals surface area contributed by atoms with Crippen LogP contribution in [0.1, 0.15) is 6.92 Å². The molecule has 0 aromatic heterocycles. The molecule has 0 unspecified atom stereocenters. The zero-order chi connectivity index (χ0) is 6.41. The Morgan fingerprint density at radius 1 is 1.88 bits per heavy atom. The molecule has 0 atom stereocenters. The van der Waals surface area contributed by atoms with Crippen LogP contribution < -0.4 is 0 Å². The first-order valence-electron chi connectivity index (χ1n) is 2.33. The van der Waals surface area contributed by atoms with Gasteiger partial charge in [-0.3, -0.25) is 0 Å². The van der Waals surface area contributed by atoms with Crippen LogP contribution in [-0.2, 0) is 0 Å². The highest BCUT2D eigenvalue weighted by atomic mass is 32.2. The number of allylic oxidation sites excluding steroid dienone is 2. The maximum atomic E-state index is 11.4. The number of halogens is 1. The van der Waals surface area contributed by atoms with Crippen LogP contribution in [0.5, 0.6) is 0 Å². The number of hydrogen-bond acceptors (Lipinski definition) is 1. The average molecular weight is 132 g/mol. The first-order chi connectivity index (χ1) is 3.81. The highest BCUT2D eigenvalue weighted by molar-refractivity contribution is 7.94. The second-order valence-electron chi connectivity index (χ2n) is 1.50. The molecule has 0 N–H and O–H groups in total. The van der Waals surface area contributed by atoms with E-state index in [9.17, 15) is 3.89 Å². The lowest BCUT2D eigenvalue weighted by Crippen LogP contribution is -1.74. The van der Waals surface area contributed by atoms with Gasteiger partial charge in [-0.1, -0.05) is 24.3 Å². The standard InChI is InChI=1S/C6H9FS/c1-3-4-6(2)5-8-7/h3-4H,1,5H2,2H3/b6-4-. The fraction of sp³-hybridized carbons (Fsp3) is 0.333. The fourth-order valence-corrected chi connectivity index (χ4v) is 0.604. The third-order valence-corrected chi connectivity index (χ3v) is 1.25. The Labute approximate surface area is 53.8 Å². The van der Waals surface area contributed by atoms with E-state index in [1.54, 1.807) is 12.2 Å². The first kappa shape index (κ1) is 7.76. The van der Waals surface area contributed by atoms with Gasteiger partial charge in [0.25, 0.3) is 0 Å². The molecule has 8 heavy (non-hydrogen) atoms. The van der Waals surface area contributed by atoms with Gasteiger partial charge in [-0.05, 0) is 6.92 Å². The molecule has 0 aromatic carbocycles. The molecule has 0 spiro atoms. The van der Waals surface area contributed by atoms with Gasteiger partial charge in [-0.15, -0.1) is 0 Å². The van der Waals surface area contributed by atoms with Crippen LogP contribution in [0, 0.1) is 0 Å². The lowest BCUT2D eigenvalue weighted by atomic mass is 10.3. The Kier molecular flexibility index (Phi) is 4.76. The van der Waals surface area contributed by atoms with Gasteiger partial charge in [-0.2, -0.15) is 3.89 Å². The van der Waals surface area contributed by atoms with Crippen molar-refractivity contribution in [1.82, 2.24) is 0 Å². The van der Waals surface area contributed by atoms with Crippen LogP contribution in [0.4, 0.5) is 3.89 Å². The molecule has 2 heteroatoms. The Morgan fingerprint density at radius 2 is 2.50 bits per heavy atom. The van der Waals surface area contributed by atoms with E-state index in [4.69, 9.17) is 0 Å². The molecule has 0 amide bonds. The molecule has 0 nitrogen and oxygen atoms in total. The van der Waals surface area contributed by atoms with Crippen molar-refractivity contribution in [2.24, 2.45) is 0 Å². The van der Waals surface area contributed by atoms with Crippen molar-refractivity contribution in [3.8, 4) is 0 Å². The van der Waals surface area contributed by atoms with Gasteiger partial charge >= 0.3 is 0 Å². The van der Waals surface area contributed by atoms with Crippen LogP contribution in [0.25, 0.3) is 0 Å². The Hall–Kier alpha value is -0.240. The van der Waals surface area contributed by atoms with Gasteiger partial charge in [0.1, 0.15) is 0 Å². The molecule has 0 heterocycles. The summed E-state index contributed by atoms with van der Waals surface area (Å²) in [5.74, 6) is 0.450. The molecule has 0 aliphatic heterocycles. The molecule has 0 fully saturated rings. The van der Waals surface area contributed by atoms with E-state index in [-0.39, 0.29) is 0 Å². The van der Waals surface area contributed by atoms with E-state index in [2.05, 4.69) is 6.58 Å². The Morgan fingerprint density at radius 3 is 2.88 bits per heavy atom. The fourth-order valence-electron chi connectivity index (χ4n) is 0.335. The summed E-state index contributed by atoms with van der Waals surface area (Å²) in [6, 6.07) is 0. The van der Waals surface area contributed by atoms with Crippen LogP contribution in [0.3, 0.4) is 0 Å². The molecule has 0 aromatic rings. The summed E-state index contributed by atoms with van der Waals surface area (Å²) < 4.78 is 11.4. The van der Waals surface area contributed by atoms with E-state index < -0.39 is 0 Å². The van der Waals surface area contributed by atoms with Gasteiger partial charge in [0, 0.05) is 17.9 Å². The molecule has 0 radical (unpaired) electrons. The first-order valence-corrected chi connectivity index (χ1v) is 3.21. The van der Waals surface area contributed by atoms with E-state index in [1.165, 1.54) is 0 Å². The normalized spacial score (nSPS) is 11.5. The van der Waals surface area contributed by atoms with Crippen molar-refractivity contribution in [3.05, 3.63) is 24.3 Å². The van der Waals surface area contributed by atoms with E-state index >= 15 is 0 Å². The van der Waals surface area contributed by atoms with Crippen molar-refractivity contribution < 1.29 is 3.89 Å². The molecular weight excluding hydrogens is 123 g/mol. The zero-order valence-corrected chi connectivity index (χ0v) is 5.67. The minimum atomic E-state index is 0.334. The van der Waals surface area contributed by atoms with Crippen molar-refractivity contribution in [2.75, 3.05) is 5.75 Å². The van der Waals surface area contributed by atoms with Crippen molar-refractivity contribution in [2.45, 2.75) is 6.92 Å². The van der Waals surface area contributed by atoms with Crippen molar-refractivity contribution >= 4 is 12.1 Å². The monoisotopic (exact) mass is 132 g/mol. The predicted octanol–water partition coefficient (Wildman–Crippen LogP) is 2.74. The van der Waals surface area contributed by atoms with Gasteiger partial charge < -0.3 is 0 Å². The summed E-state index contributed by atoms with van der Waals surface area (Å²) in [7, 11) is 0. The molecule has 0 rings (SSSR count). The molecular formula is C6H9FS. The molecule has 0 aliphatic carbocycles. The van der Waals surface area contributed by atoms with Gasteiger partial charge in [0.2, 0.25) is 0 Å². The molecule has 0 aliphatic rings. The number of hydrogen-bond donors (Lipinski definition) is 0. The summed E-state index contributed by atoms with van der Waals surface area (Å²) in [5.41, 5.74) is 1.01. The third-order valence-electron chi connectivity index (χ3n) is 0.685. The SMILES string of the molecule is C=C/C=C(/C)CSF. The number of rotatable bonds is 3. The van der Waals surface area contributed by atoms with Gasteiger partial charge in [-0.25, -0.2) is 0 Å². The lowest BCUT2D eigenvalue weighted by molar-refractivity contribution is 0.937. The van der Waals surface area contributed by atoms with E-state index in [0.717, 1.165) is 5.57 Å². The summed E-state index contributed by atoms with van der Waals surface area (Å²) >= 11 is 0.334. The zero-order valence-electron chi connectivity index (χ0n) is 4.86. The summed E-state index contributed by atoms with van der Waals surface area (Å²) in [4.78, 5) is 0. The van der Waals surface area contributed by atoms with Crippen molar-refractivity contribution in [3.63, 3.8) is 0 Å². The minimum Gasteiger partial charge on any atom is -0.165 e. The quantitative estimate of drug-likeness (QED) is 0.532. The second-order valence-corrected chi connectivity index (χ2v) is 2.01. The molecule has 0 bridgehead atoms. The maximum absolute atomic E-state index is 11.4. The largest absolute Gasteiger partial charge is 0.165 e. The topological polar surface area (TPSA) is 0 Å². The molecule has 0 saturated heterocycles. The Bertz CT molecular complexity index is 96.7. The highest BCUT2D eigenvalue weighted by Crippen LogP contribution is 2.06. The Balaban J connectivity index is 3.44. The highest BCUT2D eigenvalue weighted by Gasteiger charge is 1.84. The smallest absolute Gasteiger partial charge is 0.0487 e. The minimum absolute atomic E-state index is 0.334. The van der Waals surface area contributed by atoms with Crippen LogP contribution in [0.2, 0.25) is 0 Å². The third kappa shape index (κ3) is 3.93. The average Bonchev–Trinajstić information content (AvgIpc) is 1.68. The summed E-state index contributed by atoms with van der Waals surface area (Å²) in [5, 5.41) is 0. The molecule has 46 valence electrons. The predicted molar refractivity (Wildman–Crippen MR) is 37.5 cm³/mol. The molecule has 0 saturated carbocycles. The van der Waals surface area contributed by atoms with E-state index in [1.807, 2.05) is 6.92 Å². The summed E-state index contributed by atoms with van der Waals surface area (Å²) in [6.07, 6.45) is 3.46. The van der Waals surface area contributed by atoms with Gasteiger partial charge in [0.05, 0.1) is 0 Å². The van der Waals surface area contributed by atoms with E-state index in [0.29, 0.717) is 17.9 Å². The second kappa shape index (κ2) is 4.91. The van der Waals surface area contributed by atoms with Crippen LogP contribution in [-0.4, -0.2) is 5.75 Å². The van der Waals surface area contributed by atoms with Crippen LogP contribution in [0.15, 0.2) is 24.3 Å². The lowest BCUT2D eigenvalue weighted by Gasteiger charge is -1.88.